The van der Waals surface area contributed by atoms with Crippen molar-refractivity contribution in [2.75, 3.05) is 10.6 Å². The highest BCUT2D eigenvalue weighted by molar-refractivity contribution is 7.99. The van der Waals surface area contributed by atoms with E-state index in [0.717, 1.165) is 4.68 Å². The van der Waals surface area contributed by atoms with Gasteiger partial charge in [-0.05, 0) is 46.6 Å². The van der Waals surface area contributed by atoms with Crippen LogP contribution in [-0.2, 0) is 36.2 Å². The molecule has 0 bridgehead atoms. The van der Waals surface area contributed by atoms with E-state index in [9.17, 15) is 52.5 Å². The van der Waals surface area contributed by atoms with Crippen molar-refractivity contribution in [1.29, 1.82) is 0 Å². The van der Waals surface area contributed by atoms with E-state index in [1.54, 1.807) is 18.2 Å². The maximum absolute atomic E-state index is 13.3. The predicted molar refractivity (Wildman–Crippen MR) is 215 cm³/mol. The number of alkyl halides is 11. The zero-order valence-corrected chi connectivity index (χ0v) is 35.4. The molecule has 6 rings (SSSR count). The number of hydrogen-bond donors (Lipinski definition) is 2. The number of halogens is 15. The number of anilines is 2. The van der Waals surface area contributed by atoms with Crippen LogP contribution in [0, 0.1) is 13.1 Å². The zero-order valence-electron chi connectivity index (χ0n) is 30.8. The van der Waals surface area contributed by atoms with Crippen molar-refractivity contribution >= 4 is 92.2 Å². The smallest absolute Gasteiger partial charge is 0.363 e. The Labute approximate surface area is 378 Å². The Morgan fingerprint density at radius 2 is 1.19 bits per heavy atom. The van der Waals surface area contributed by atoms with Gasteiger partial charge in [-0.1, -0.05) is 77.4 Å². The van der Waals surface area contributed by atoms with Gasteiger partial charge in [-0.25, -0.2) is 4.21 Å². The molecule has 64 heavy (non-hydrogen) atoms. The number of rotatable bonds is 11. The van der Waals surface area contributed by atoms with E-state index in [-0.39, 0.29) is 52.8 Å². The molecule has 0 spiro atoms. The molecule has 4 heterocycles. The molecule has 0 aliphatic rings. The van der Waals surface area contributed by atoms with Crippen LogP contribution in [-0.4, -0.2) is 50.0 Å². The monoisotopic (exact) mass is 1020 g/mol. The van der Waals surface area contributed by atoms with Crippen molar-refractivity contribution in [1.82, 2.24) is 34.5 Å². The van der Waals surface area contributed by atoms with E-state index in [0.29, 0.717) is 34.6 Å². The molecule has 29 heteroatoms. The molecule has 0 aliphatic carbocycles. The third-order valence-electron chi connectivity index (χ3n) is 7.79. The first kappa shape index (κ1) is 49.6. The van der Waals surface area contributed by atoms with Gasteiger partial charge in [0.2, 0.25) is 0 Å². The van der Waals surface area contributed by atoms with Gasteiger partial charge in [-0.15, -0.1) is 9.36 Å². The van der Waals surface area contributed by atoms with Crippen molar-refractivity contribution in [3.05, 3.63) is 133 Å². The Balaban J connectivity index is 0.000000241. The molecule has 0 fully saturated rings. The number of thioether (sulfide) groups is 1. The second-order valence-corrected chi connectivity index (χ2v) is 16.0. The Bertz CT molecular complexity index is 2710. The summed E-state index contributed by atoms with van der Waals surface area (Å²) in [5.74, 6) is -4.89. The van der Waals surface area contributed by atoms with Crippen LogP contribution >= 0.6 is 58.2 Å². The highest BCUT2D eigenvalue weighted by atomic mass is 35.5. The summed E-state index contributed by atoms with van der Waals surface area (Å²) >= 11 is 24.1. The van der Waals surface area contributed by atoms with E-state index >= 15 is 0 Å². The van der Waals surface area contributed by atoms with Crippen LogP contribution < -0.4 is 10.6 Å². The van der Waals surface area contributed by atoms with E-state index in [2.05, 4.69) is 45.5 Å². The second kappa shape index (κ2) is 20.2. The summed E-state index contributed by atoms with van der Waals surface area (Å²) in [7, 11) is -3.73. The Hall–Kier alpha value is -5.44. The van der Waals surface area contributed by atoms with E-state index < -0.39 is 87.9 Å². The van der Waals surface area contributed by atoms with Gasteiger partial charge in [0.15, 0.2) is 22.4 Å². The molecule has 2 aromatic carbocycles. The van der Waals surface area contributed by atoms with Gasteiger partial charge < -0.3 is 20.3 Å². The molecule has 6 aromatic rings. The lowest BCUT2D eigenvalue weighted by Crippen LogP contribution is -2.18. The lowest BCUT2D eigenvalue weighted by Gasteiger charge is -2.14. The largest absolute Gasteiger partial charge is 0.474 e. The minimum atomic E-state index is -5.27. The first-order valence-electron chi connectivity index (χ1n) is 16.7. The van der Waals surface area contributed by atoms with E-state index in [1.807, 2.05) is 0 Å². The highest BCUT2D eigenvalue weighted by Crippen LogP contribution is 2.46. The number of nitrogens with zero attached hydrogens (tertiary/aromatic N) is 9. The van der Waals surface area contributed by atoms with Crippen LogP contribution in [0.25, 0.3) is 21.1 Å². The average molecular weight is 1020 g/mol. The van der Waals surface area contributed by atoms with Crippen LogP contribution in [0.4, 0.5) is 71.6 Å². The second-order valence-electron chi connectivity index (χ2n) is 11.9. The number of hydrogen-bond acceptors (Lipinski definition) is 9. The summed E-state index contributed by atoms with van der Waals surface area (Å²) in [5, 5.41) is 10.9. The molecule has 0 saturated heterocycles. The van der Waals surface area contributed by atoms with Crippen molar-refractivity contribution in [3.8, 4) is 11.4 Å². The number of pyridine rings is 1. The Morgan fingerprint density at radius 3 is 1.62 bits per heavy atom. The average Bonchev–Trinajstić information content (AvgIpc) is 3.74. The number of benzene rings is 2. The molecule has 0 aliphatic heterocycles. The summed E-state index contributed by atoms with van der Waals surface area (Å²) in [6.07, 6.45) is -4.06. The maximum Gasteiger partial charge on any atom is 0.474 e. The molecule has 2 N–H and O–H groups in total. The van der Waals surface area contributed by atoms with Gasteiger partial charge in [-0.3, -0.25) is 15.0 Å². The Kier molecular flexibility index (Phi) is 15.6. The summed E-state index contributed by atoms with van der Waals surface area (Å²) < 4.78 is 158. The van der Waals surface area contributed by atoms with Crippen molar-refractivity contribution in [2.24, 2.45) is 0 Å². The minimum Gasteiger partial charge on any atom is -0.363 e. The van der Waals surface area contributed by atoms with Gasteiger partial charge in [0.1, 0.15) is 16.3 Å². The third-order valence-corrected chi connectivity index (χ3v) is 10.9. The quantitative estimate of drug-likeness (QED) is 0.0741. The summed E-state index contributed by atoms with van der Waals surface area (Å²) in [4.78, 5) is 16.6. The fourth-order valence-electron chi connectivity index (χ4n) is 5.18. The normalized spacial score (nSPS) is 12.3. The summed E-state index contributed by atoms with van der Waals surface area (Å²) in [5.41, 5.74) is -7.44. The van der Waals surface area contributed by atoms with Gasteiger partial charge in [0.25, 0.3) is 5.76 Å². The standard InChI is InChI=1S/C18H10Cl2F5N5S.C17H8Cl2F6N6OS/c1-26-15-14(31-17(21)22)16(28-8-10-4-2-3-5-27-10)30(29-15)13-11(19)6-9(7-12(13)20)18(23,24)25;1-26-14-13(33(32)17(23,24)25)15(29-7-9-6-27-2-3-28-9)31(30-14)12-10(18)4-8(5-11(12)19)16(20,21)22/h2-7,17,28H,8H2;2-6,29H,7H2. The minimum absolute atomic E-state index is 0.0522. The SMILES string of the molecule is [C-]#[N+]c1nn(-c2c(Cl)cc(C(F)(F)F)cc2Cl)c(NCc2ccccn2)c1SC(F)F.[C-]#[N+]c1nn(-c2c(Cl)cc(C(F)(F)F)cc2Cl)c(NCc2cnccn2)c1S(=O)C(F)(F)F. The van der Waals surface area contributed by atoms with Crippen LogP contribution in [0.1, 0.15) is 22.5 Å². The lowest BCUT2D eigenvalue weighted by atomic mass is 10.2. The molecule has 12 nitrogen and oxygen atoms in total. The molecule has 336 valence electrons. The molecule has 0 saturated carbocycles. The molecule has 4 aromatic heterocycles. The molecule has 1 unspecified atom stereocenters. The summed E-state index contributed by atoms with van der Waals surface area (Å²) in [6, 6.07) is 7.34. The number of aromatic nitrogens is 7. The fourth-order valence-corrected chi connectivity index (χ4v) is 7.94. The predicted octanol–water partition coefficient (Wildman–Crippen LogP) is 12.8. The van der Waals surface area contributed by atoms with Crippen molar-refractivity contribution in [2.45, 2.75) is 46.5 Å². The van der Waals surface area contributed by atoms with Crippen molar-refractivity contribution < 1.29 is 52.5 Å². The first-order chi connectivity index (χ1) is 30.0. The molecule has 0 amide bonds. The molecular formula is C35H18Cl4F11N11OS2. The van der Waals surface area contributed by atoms with Gasteiger partial charge in [-0.2, -0.15) is 48.3 Å². The summed E-state index contributed by atoms with van der Waals surface area (Å²) in [6.45, 7) is 14.2. The highest BCUT2D eigenvalue weighted by Gasteiger charge is 2.44. The van der Waals surface area contributed by atoms with Crippen molar-refractivity contribution in [3.63, 3.8) is 0 Å². The van der Waals surface area contributed by atoms with Crippen LogP contribution in [0.5, 0.6) is 0 Å². The number of nitrogens with one attached hydrogen (secondary N) is 2. The van der Waals surface area contributed by atoms with Gasteiger partial charge >= 0.3 is 29.5 Å². The molecule has 0 radical (unpaired) electrons. The molecular weight excluding hydrogens is 1010 g/mol. The van der Waals surface area contributed by atoms with E-state index in [1.165, 1.54) is 24.8 Å². The van der Waals surface area contributed by atoms with Gasteiger partial charge in [0, 0.05) is 18.6 Å². The first-order valence-corrected chi connectivity index (χ1v) is 20.2. The Morgan fingerprint density at radius 1 is 0.703 bits per heavy atom. The topological polar surface area (TPSA) is 124 Å². The van der Waals surface area contributed by atoms with Crippen LogP contribution in [0.3, 0.4) is 0 Å². The van der Waals surface area contributed by atoms with Crippen LogP contribution in [0.15, 0.2) is 77.0 Å². The molecule has 1 atom stereocenters. The lowest BCUT2D eigenvalue weighted by molar-refractivity contribution is -0.138. The zero-order chi connectivity index (χ0) is 47.3. The fraction of sp³-hybridized carbons (Fsp3) is 0.171. The van der Waals surface area contributed by atoms with Gasteiger partial charge in [0.05, 0.1) is 66.8 Å². The maximum atomic E-state index is 13.3. The van der Waals surface area contributed by atoms with Crippen LogP contribution in [0.2, 0.25) is 20.1 Å². The van der Waals surface area contributed by atoms with E-state index in [4.69, 9.17) is 59.5 Å². The third kappa shape index (κ3) is 11.6.